The monoisotopic (exact) mass is 231 g/mol. The molecule has 1 saturated heterocycles. The number of carbonyl (C=O) groups excluding carboxylic acids is 1. The Morgan fingerprint density at radius 1 is 1.53 bits per heavy atom. The lowest BCUT2D eigenvalue weighted by atomic mass is 9.96. The summed E-state index contributed by atoms with van der Waals surface area (Å²) in [6, 6.07) is 0.166. The fourth-order valence-electron chi connectivity index (χ4n) is 1.62. The van der Waals surface area contributed by atoms with Gasteiger partial charge in [0.15, 0.2) is 0 Å². The van der Waals surface area contributed by atoms with E-state index in [2.05, 4.69) is 0 Å². The van der Waals surface area contributed by atoms with Crippen LogP contribution in [0.1, 0.15) is 33.6 Å². The first-order valence-electron chi connectivity index (χ1n) is 5.43. The van der Waals surface area contributed by atoms with Crippen molar-refractivity contribution in [3.8, 4) is 0 Å². The summed E-state index contributed by atoms with van der Waals surface area (Å²) in [7, 11) is 0. The molecule has 1 aliphatic heterocycles. The minimum absolute atomic E-state index is 0.120. The molecule has 0 aromatic rings. The molecule has 2 unspecified atom stereocenters. The molecule has 3 nitrogen and oxygen atoms in total. The molecule has 88 valence electrons. The Bertz CT molecular complexity index is 225. The molecule has 1 heterocycles. The summed E-state index contributed by atoms with van der Waals surface area (Å²) >= 11 is 1.88. The standard InChI is InChI=1S/C11H21NO2S/c1-11(2,3)14-10(13)6-8-7-15-5-4-9(8)12/h8-9H,4-7,12H2,1-3H3. The van der Waals surface area contributed by atoms with Crippen molar-refractivity contribution < 1.29 is 9.53 Å². The molecule has 0 aromatic carbocycles. The maximum atomic E-state index is 11.6. The first-order valence-corrected chi connectivity index (χ1v) is 6.59. The second-order valence-corrected chi connectivity index (χ2v) is 6.23. The molecule has 0 saturated carbocycles. The number of nitrogens with two attached hydrogens (primary N) is 1. The van der Waals surface area contributed by atoms with Crippen LogP contribution in [0, 0.1) is 5.92 Å². The van der Waals surface area contributed by atoms with Gasteiger partial charge in [0.25, 0.3) is 0 Å². The fourth-order valence-corrected chi connectivity index (χ4v) is 2.89. The van der Waals surface area contributed by atoms with E-state index in [1.54, 1.807) is 0 Å². The summed E-state index contributed by atoms with van der Waals surface area (Å²) in [5, 5.41) is 0. The number of ether oxygens (including phenoxy) is 1. The fraction of sp³-hybridized carbons (Fsp3) is 0.909. The summed E-state index contributed by atoms with van der Waals surface area (Å²) < 4.78 is 5.29. The SMILES string of the molecule is CC(C)(C)OC(=O)CC1CSCCC1N. The number of carbonyl (C=O) groups is 1. The van der Waals surface area contributed by atoms with Gasteiger partial charge in [0, 0.05) is 6.04 Å². The number of thioether (sulfide) groups is 1. The van der Waals surface area contributed by atoms with Crippen LogP contribution < -0.4 is 5.73 Å². The Balaban J connectivity index is 2.36. The highest BCUT2D eigenvalue weighted by atomic mass is 32.2. The number of esters is 1. The second kappa shape index (κ2) is 5.21. The van der Waals surface area contributed by atoms with Crippen molar-refractivity contribution >= 4 is 17.7 Å². The van der Waals surface area contributed by atoms with Crippen LogP contribution in [0.5, 0.6) is 0 Å². The molecule has 0 aromatic heterocycles. The van der Waals surface area contributed by atoms with Crippen LogP contribution in [-0.2, 0) is 9.53 Å². The molecule has 2 atom stereocenters. The Hall–Kier alpha value is -0.220. The predicted octanol–water partition coefficient (Wildman–Crippen LogP) is 1.80. The van der Waals surface area contributed by atoms with Crippen LogP contribution in [0.4, 0.5) is 0 Å². The third kappa shape index (κ3) is 4.89. The van der Waals surface area contributed by atoms with Crippen LogP contribution in [0.15, 0.2) is 0 Å². The Kier molecular flexibility index (Phi) is 4.46. The van der Waals surface area contributed by atoms with Crippen LogP contribution in [0.25, 0.3) is 0 Å². The molecule has 0 amide bonds. The zero-order chi connectivity index (χ0) is 11.5. The van der Waals surface area contributed by atoms with Gasteiger partial charge in [-0.05, 0) is 44.6 Å². The zero-order valence-corrected chi connectivity index (χ0v) is 10.6. The van der Waals surface area contributed by atoms with Crippen molar-refractivity contribution in [3.63, 3.8) is 0 Å². The van der Waals surface area contributed by atoms with Crippen molar-refractivity contribution in [1.82, 2.24) is 0 Å². The summed E-state index contributed by atoms with van der Waals surface area (Å²) in [5.41, 5.74) is 5.58. The van der Waals surface area contributed by atoms with Crippen LogP contribution >= 0.6 is 11.8 Å². The van der Waals surface area contributed by atoms with Gasteiger partial charge in [-0.25, -0.2) is 0 Å². The first-order chi connectivity index (χ1) is 6.88. The average molecular weight is 231 g/mol. The van der Waals surface area contributed by atoms with Crippen LogP contribution in [-0.4, -0.2) is 29.1 Å². The minimum Gasteiger partial charge on any atom is -0.460 e. The molecular formula is C11H21NO2S. The summed E-state index contributed by atoms with van der Waals surface area (Å²) in [6.07, 6.45) is 1.48. The summed E-state index contributed by atoms with van der Waals surface area (Å²) in [5.74, 6) is 2.27. The highest BCUT2D eigenvalue weighted by molar-refractivity contribution is 7.99. The van der Waals surface area contributed by atoms with Crippen LogP contribution in [0.2, 0.25) is 0 Å². The smallest absolute Gasteiger partial charge is 0.306 e. The van der Waals surface area contributed by atoms with Gasteiger partial charge in [-0.15, -0.1) is 0 Å². The minimum atomic E-state index is -0.386. The van der Waals surface area contributed by atoms with Gasteiger partial charge in [-0.2, -0.15) is 11.8 Å². The van der Waals surface area contributed by atoms with Gasteiger partial charge in [0.1, 0.15) is 5.60 Å². The molecule has 0 spiro atoms. The largest absolute Gasteiger partial charge is 0.460 e. The Morgan fingerprint density at radius 3 is 2.73 bits per heavy atom. The number of rotatable bonds is 2. The molecule has 2 N–H and O–H groups in total. The van der Waals surface area contributed by atoms with Crippen molar-refractivity contribution in [2.75, 3.05) is 11.5 Å². The topological polar surface area (TPSA) is 52.3 Å². The molecule has 0 bridgehead atoms. The first kappa shape index (κ1) is 12.8. The van der Waals surface area contributed by atoms with E-state index in [1.807, 2.05) is 32.5 Å². The van der Waals surface area contributed by atoms with Gasteiger partial charge in [0.2, 0.25) is 0 Å². The van der Waals surface area contributed by atoms with E-state index in [9.17, 15) is 4.79 Å². The molecular weight excluding hydrogens is 210 g/mol. The summed E-state index contributed by atoms with van der Waals surface area (Å²) in [4.78, 5) is 11.6. The van der Waals surface area contributed by atoms with Crippen molar-refractivity contribution in [2.24, 2.45) is 11.7 Å². The highest BCUT2D eigenvalue weighted by Gasteiger charge is 2.26. The van der Waals surface area contributed by atoms with Gasteiger partial charge in [0.05, 0.1) is 6.42 Å². The Morgan fingerprint density at radius 2 is 2.20 bits per heavy atom. The maximum absolute atomic E-state index is 11.6. The second-order valence-electron chi connectivity index (χ2n) is 5.08. The lowest BCUT2D eigenvalue weighted by Crippen LogP contribution is -2.38. The van der Waals surface area contributed by atoms with E-state index >= 15 is 0 Å². The van der Waals surface area contributed by atoms with E-state index in [1.165, 1.54) is 0 Å². The molecule has 0 radical (unpaired) electrons. The van der Waals surface area contributed by atoms with Gasteiger partial charge < -0.3 is 10.5 Å². The highest BCUT2D eigenvalue weighted by Crippen LogP contribution is 2.25. The maximum Gasteiger partial charge on any atom is 0.306 e. The molecule has 0 aliphatic carbocycles. The van der Waals surface area contributed by atoms with E-state index < -0.39 is 0 Å². The molecule has 4 heteroatoms. The number of hydrogen-bond acceptors (Lipinski definition) is 4. The van der Waals surface area contributed by atoms with Crippen molar-refractivity contribution in [2.45, 2.75) is 45.3 Å². The van der Waals surface area contributed by atoms with Crippen molar-refractivity contribution in [1.29, 1.82) is 0 Å². The van der Waals surface area contributed by atoms with Gasteiger partial charge in [-0.3, -0.25) is 4.79 Å². The third-order valence-electron chi connectivity index (χ3n) is 2.38. The van der Waals surface area contributed by atoms with Gasteiger partial charge >= 0.3 is 5.97 Å². The molecule has 1 rings (SSSR count). The Labute approximate surface area is 96.1 Å². The predicted molar refractivity (Wildman–Crippen MR) is 63.9 cm³/mol. The van der Waals surface area contributed by atoms with E-state index in [0.29, 0.717) is 12.3 Å². The van der Waals surface area contributed by atoms with E-state index in [-0.39, 0.29) is 17.6 Å². The average Bonchev–Trinajstić information content (AvgIpc) is 2.05. The van der Waals surface area contributed by atoms with E-state index in [0.717, 1.165) is 17.9 Å². The molecule has 1 aliphatic rings. The number of hydrogen-bond donors (Lipinski definition) is 1. The molecule has 1 fully saturated rings. The third-order valence-corrected chi connectivity index (χ3v) is 3.57. The lowest BCUT2D eigenvalue weighted by molar-refractivity contribution is -0.156. The normalized spacial score (nSPS) is 27.5. The quantitative estimate of drug-likeness (QED) is 0.736. The van der Waals surface area contributed by atoms with Crippen LogP contribution in [0.3, 0.4) is 0 Å². The lowest BCUT2D eigenvalue weighted by Gasteiger charge is -2.28. The molecule has 15 heavy (non-hydrogen) atoms. The van der Waals surface area contributed by atoms with Crippen molar-refractivity contribution in [3.05, 3.63) is 0 Å². The zero-order valence-electron chi connectivity index (χ0n) is 9.79. The summed E-state index contributed by atoms with van der Waals surface area (Å²) in [6.45, 7) is 5.67. The van der Waals surface area contributed by atoms with E-state index in [4.69, 9.17) is 10.5 Å². The van der Waals surface area contributed by atoms with Gasteiger partial charge in [-0.1, -0.05) is 0 Å².